The number of nitrogens with zero attached hydrogens (tertiary/aromatic N) is 1. The number of carbonyl (C=O) groups excluding carboxylic acids is 1. The van der Waals surface area contributed by atoms with Crippen molar-refractivity contribution in [3.05, 3.63) is 72.1 Å². The van der Waals surface area contributed by atoms with E-state index < -0.39 is 0 Å². The molecule has 1 atom stereocenters. The Morgan fingerprint density at radius 3 is 2.65 bits per heavy atom. The zero-order valence-electron chi connectivity index (χ0n) is 14.8. The van der Waals surface area contributed by atoms with Gasteiger partial charge in [-0.25, -0.2) is 0 Å². The molecular formula is C21H25N2O3. The number of rotatable bonds is 8. The van der Waals surface area contributed by atoms with Crippen molar-refractivity contribution in [2.45, 2.75) is 19.1 Å². The molecule has 3 rings (SSSR count). The van der Waals surface area contributed by atoms with E-state index in [-0.39, 0.29) is 11.9 Å². The summed E-state index contributed by atoms with van der Waals surface area (Å²) in [5.41, 5.74) is 7.80. The van der Waals surface area contributed by atoms with E-state index in [1.165, 1.54) is 5.56 Å². The number of benzene rings is 2. The Kier molecular flexibility index (Phi) is 6.63. The lowest BCUT2D eigenvalue weighted by molar-refractivity contribution is -0.128. The maximum atomic E-state index is 11.5. The van der Waals surface area contributed by atoms with Gasteiger partial charge < -0.3 is 15.2 Å². The van der Waals surface area contributed by atoms with Crippen LogP contribution in [0.25, 0.3) is 0 Å². The second-order valence-corrected chi connectivity index (χ2v) is 6.40. The van der Waals surface area contributed by atoms with Crippen LogP contribution in [0.3, 0.4) is 0 Å². The van der Waals surface area contributed by atoms with Gasteiger partial charge in [0.05, 0.1) is 13.2 Å². The molecule has 2 aromatic rings. The molecule has 2 aromatic carbocycles. The zero-order chi connectivity index (χ0) is 18.2. The van der Waals surface area contributed by atoms with Crippen molar-refractivity contribution in [1.29, 1.82) is 0 Å². The standard InChI is InChI=1S/C21H25N2O3/c22-21(24)20-16-25-14-13-23(20)12-4-7-17-8-10-19(11-9-17)26-15-18-5-2-1-3-6-18/h1-6,8-11,20H,7,12-16H2,(H2,22,24). The molecule has 0 bridgehead atoms. The molecular weight excluding hydrogens is 328 g/mol. The van der Waals surface area contributed by atoms with Gasteiger partial charge in [0.2, 0.25) is 5.91 Å². The summed E-state index contributed by atoms with van der Waals surface area (Å²) in [7, 11) is 0. The smallest absolute Gasteiger partial charge is 0.237 e. The van der Waals surface area contributed by atoms with Crippen LogP contribution in [0.1, 0.15) is 11.1 Å². The van der Waals surface area contributed by atoms with E-state index in [1.54, 1.807) is 0 Å². The van der Waals surface area contributed by atoms with Crippen LogP contribution in [0, 0.1) is 6.42 Å². The van der Waals surface area contributed by atoms with Gasteiger partial charge in [-0.2, -0.15) is 0 Å². The van der Waals surface area contributed by atoms with E-state index in [1.807, 2.05) is 42.5 Å². The fraction of sp³-hybridized carbons (Fsp3) is 0.333. The van der Waals surface area contributed by atoms with Gasteiger partial charge in [-0.15, -0.1) is 0 Å². The lowest BCUT2D eigenvalue weighted by Gasteiger charge is -2.33. The van der Waals surface area contributed by atoms with E-state index in [0.717, 1.165) is 30.8 Å². The molecule has 1 heterocycles. The first-order valence-corrected chi connectivity index (χ1v) is 8.91. The minimum atomic E-state index is -0.325. The summed E-state index contributed by atoms with van der Waals surface area (Å²) in [5.74, 6) is 0.539. The van der Waals surface area contributed by atoms with Crippen molar-refractivity contribution < 1.29 is 14.3 Å². The van der Waals surface area contributed by atoms with E-state index in [0.29, 0.717) is 19.8 Å². The maximum Gasteiger partial charge on any atom is 0.237 e. The van der Waals surface area contributed by atoms with Crippen molar-refractivity contribution in [1.82, 2.24) is 4.90 Å². The molecule has 1 radical (unpaired) electrons. The van der Waals surface area contributed by atoms with Gasteiger partial charge in [-0.05, 0) is 36.1 Å². The summed E-state index contributed by atoms with van der Waals surface area (Å²) in [6.45, 7) is 3.05. The van der Waals surface area contributed by atoms with Crippen molar-refractivity contribution in [3.63, 3.8) is 0 Å². The van der Waals surface area contributed by atoms with Crippen molar-refractivity contribution >= 4 is 5.91 Å². The molecule has 1 saturated heterocycles. The summed E-state index contributed by atoms with van der Waals surface area (Å²) in [4.78, 5) is 13.5. The minimum Gasteiger partial charge on any atom is -0.489 e. The highest BCUT2D eigenvalue weighted by molar-refractivity contribution is 5.80. The number of amides is 1. The van der Waals surface area contributed by atoms with Crippen LogP contribution in [-0.4, -0.2) is 43.2 Å². The number of morpholine rings is 1. The Morgan fingerprint density at radius 2 is 1.92 bits per heavy atom. The van der Waals surface area contributed by atoms with E-state index in [2.05, 4.69) is 23.5 Å². The second kappa shape index (κ2) is 9.36. The van der Waals surface area contributed by atoms with Crippen LogP contribution in [0.5, 0.6) is 5.75 Å². The molecule has 1 aliphatic rings. The Hall–Kier alpha value is -2.37. The Labute approximate surface area is 154 Å². The van der Waals surface area contributed by atoms with Gasteiger partial charge in [0, 0.05) is 13.1 Å². The summed E-state index contributed by atoms with van der Waals surface area (Å²) in [6.07, 6.45) is 3.00. The van der Waals surface area contributed by atoms with E-state index >= 15 is 0 Å². The highest BCUT2D eigenvalue weighted by Gasteiger charge is 2.26. The fourth-order valence-corrected chi connectivity index (χ4v) is 2.98. The Balaban J connectivity index is 1.43. The van der Waals surface area contributed by atoms with Crippen molar-refractivity contribution in [2.75, 3.05) is 26.3 Å². The number of hydrogen-bond donors (Lipinski definition) is 1. The highest BCUT2D eigenvalue weighted by Crippen LogP contribution is 2.16. The largest absolute Gasteiger partial charge is 0.489 e. The Bertz CT molecular complexity index is 688. The molecule has 5 nitrogen and oxygen atoms in total. The fourth-order valence-electron chi connectivity index (χ4n) is 2.98. The predicted molar refractivity (Wildman–Crippen MR) is 101 cm³/mol. The number of primary amides is 1. The summed E-state index contributed by atoms with van der Waals surface area (Å²) >= 11 is 0. The molecule has 137 valence electrons. The first kappa shape index (κ1) is 18.4. The third kappa shape index (κ3) is 5.31. The van der Waals surface area contributed by atoms with Crippen molar-refractivity contribution in [3.8, 4) is 5.75 Å². The molecule has 1 amide bonds. The predicted octanol–water partition coefficient (Wildman–Crippen LogP) is 2.20. The van der Waals surface area contributed by atoms with Gasteiger partial charge in [-0.3, -0.25) is 9.69 Å². The van der Waals surface area contributed by atoms with Crippen LogP contribution in [0.15, 0.2) is 54.6 Å². The Morgan fingerprint density at radius 1 is 1.15 bits per heavy atom. The normalized spacial score (nSPS) is 17.8. The first-order valence-electron chi connectivity index (χ1n) is 8.91. The zero-order valence-corrected chi connectivity index (χ0v) is 14.8. The number of carbonyl (C=O) groups is 1. The molecule has 0 aromatic heterocycles. The van der Waals surface area contributed by atoms with Gasteiger partial charge in [0.25, 0.3) is 0 Å². The summed E-state index contributed by atoms with van der Waals surface area (Å²) < 4.78 is 11.1. The number of ether oxygens (including phenoxy) is 2. The van der Waals surface area contributed by atoms with Crippen LogP contribution in [0.2, 0.25) is 0 Å². The third-order valence-electron chi connectivity index (χ3n) is 4.48. The van der Waals surface area contributed by atoms with Crippen LogP contribution in [0.4, 0.5) is 0 Å². The molecule has 1 aliphatic heterocycles. The third-order valence-corrected chi connectivity index (χ3v) is 4.48. The van der Waals surface area contributed by atoms with E-state index in [9.17, 15) is 4.79 Å². The topological polar surface area (TPSA) is 64.8 Å². The SMILES string of the molecule is NC(=O)C1COCCN1C[CH]Cc1ccc(OCc2ccccc2)cc1. The quantitative estimate of drug-likeness (QED) is 0.790. The maximum absolute atomic E-state index is 11.5. The monoisotopic (exact) mass is 353 g/mol. The molecule has 0 saturated carbocycles. The van der Waals surface area contributed by atoms with E-state index in [4.69, 9.17) is 15.2 Å². The van der Waals surface area contributed by atoms with Gasteiger partial charge in [-0.1, -0.05) is 42.5 Å². The molecule has 0 spiro atoms. The van der Waals surface area contributed by atoms with Crippen LogP contribution in [-0.2, 0) is 22.6 Å². The molecule has 5 heteroatoms. The lowest BCUT2D eigenvalue weighted by Crippen LogP contribution is -2.52. The van der Waals surface area contributed by atoms with Gasteiger partial charge >= 0.3 is 0 Å². The molecule has 26 heavy (non-hydrogen) atoms. The molecule has 0 aliphatic carbocycles. The average molecular weight is 353 g/mol. The molecule has 1 unspecified atom stereocenters. The summed E-state index contributed by atoms with van der Waals surface area (Å²) in [5, 5.41) is 0. The first-order chi connectivity index (χ1) is 12.7. The minimum absolute atomic E-state index is 0.321. The number of nitrogens with two attached hydrogens (primary N) is 1. The van der Waals surface area contributed by atoms with Crippen LogP contribution < -0.4 is 10.5 Å². The lowest BCUT2D eigenvalue weighted by atomic mass is 10.1. The highest BCUT2D eigenvalue weighted by atomic mass is 16.5. The van der Waals surface area contributed by atoms with Gasteiger partial charge in [0.1, 0.15) is 18.4 Å². The summed E-state index contributed by atoms with van der Waals surface area (Å²) in [6, 6.07) is 17.9. The average Bonchev–Trinajstić information content (AvgIpc) is 2.68. The van der Waals surface area contributed by atoms with Crippen molar-refractivity contribution in [2.24, 2.45) is 5.73 Å². The van der Waals surface area contributed by atoms with Crippen LogP contribution >= 0.6 is 0 Å². The van der Waals surface area contributed by atoms with Gasteiger partial charge in [0.15, 0.2) is 0 Å². The number of hydrogen-bond acceptors (Lipinski definition) is 4. The molecule has 2 N–H and O–H groups in total. The second-order valence-electron chi connectivity index (χ2n) is 6.40. The molecule has 1 fully saturated rings.